The van der Waals surface area contributed by atoms with Crippen molar-refractivity contribution in [2.24, 2.45) is 0 Å². The van der Waals surface area contributed by atoms with Crippen molar-refractivity contribution < 1.29 is 28.6 Å². The lowest BCUT2D eigenvalue weighted by molar-refractivity contribution is -0.151. The third-order valence-corrected chi connectivity index (χ3v) is 4.57. The van der Waals surface area contributed by atoms with Crippen LogP contribution >= 0.6 is 27.7 Å². The first-order valence-electron chi connectivity index (χ1n) is 7.58. The third kappa shape index (κ3) is 9.62. The van der Waals surface area contributed by atoms with Gasteiger partial charge in [-0.1, -0.05) is 39.8 Å². The van der Waals surface area contributed by atoms with Crippen LogP contribution in [0.4, 0.5) is 0 Å². The fourth-order valence-electron chi connectivity index (χ4n) is 1.93. The largest absolute Gasteiger partial charge is 0.465 e. The molecule has 25 heavy (non-hydrogen) atoms. The summed E-state index contributed by atoms with van der Waals surface area (Å²) >= 11 is 4.32. The molecule has 6 nitrogen and oxygen atoms in total. The Kier molecular flexibility index (Phi) is 9.77. The minimum atomic E-state index is -0.707. The van der Waals surface area contributed by atoms with Gasteiger partial charge in [0.1, 0.15) is 12.7 Å². The maximum absolute atomic E-state index is 11.5. The number of hydrogen-bond acceptors (Lipinski definition) is 7. The van der Waals surface area contributed by atoms with Crippen LogP contribution in [0.1, 0.15) is 26.3 Å². The molecule has 0 radical (unpaired) electrons. The number of carbonyl (C=O) groups is 3. The van der Waals surface area contributed by atoms with Gasteiger partial charge >= 0.3 is 11.9 Å². The van der Waals surface area contributed by atoms with Gasteiger partial charge in [0.15, 0.2) is 5.12 Å². The number of hydrogen-bond donors (Lipinski definition) is 0. The summed E-state index contributed by atoms with van der Waals surface area (Å²) in [6.45, 7) is 4.33. The molecule has 0 aromatic heterocycles. The molecule has 2 atom stereocenters. The first-order valence-corrected chi connectivity index (χ1v) is 9.25. The quantitative estimate of drug-likeness (QED) is 0.554. The normalized spacial score (nSPS) is 13.0. The Hall–Kier alpha value is -1.38. The molecule has 1 aromatic carbocycles. The van der Waals surface area contributed by atoms with Crippen molar-refractivity contribution in [3.8, 4) is 0 Å². The highest BCUT2D eigenvalue weighted by Gasteiger charge is 2.28. The second kappa shape index (κ2) is 11.3. The molecule has 0 saturated carbocycles. The van der Waals surface area contributed by atoms with E-state index < -0.39 is 23.3 Å². The smallest absolute Gasteiger partial charge is 0.303 e. The zero-order chi connectivity index (χ0) is 18.8. The summed E-state index contributed by atoms with van der Waals surface area (Å²) in [4.78, 5) is 33.9. The van der Waals surface area contributed by atoms with Gasteiger partial charge in [-0.3, -0.25) is 14.4 Å². The fourth-order valence-corrected chi connectivity index (χ4v) is 3.05. The molecule has 0 heterocycles. The number of carbonyl (C=O) groups excluding carboxylic acids is 3. The topological polar surface area (TPSA) is 78.9 Å². The molecular weight excluding hydrogens is 412 g/mol. The van der Waals surface area contributed by atoms with Crippen LogP contribution in [0.2, 0.25) is 0 Å². The molecule has 0 spiro atoms. The van der Waals surface area contributed by atoms with Gasteiger partial charge in [-0.15, -0.1) is 0 Å². The van der Waals surface area contributed by atoms with Gasteiger partial charge in [0.25, 0.3) is 0 Å². The van der Waals surface area contributed by atoms with Crippen molar-refractivity contribution in [2.75, 3.05) is 13.2 Å². The number of thioether (sulfide) groups is 1. The molecular formula is C17H21BrO6S. The standard InChI is InChI=1S/C17H21BrO6S/c1-11(19)23-10-17(25-13(3)21)16(24-12(2)20)9-22-8-14-4-6-15(18)7-5-14/h4-7,16-17H,8-10H2,1-3H3/t16-,17-/m1/s1. The lowest BCUT2D eigenvalue weighted by Crippen LogP contribution is -2.37. The fraction of sp³-hybridized carbons (Fsp3) is 0.471. The number of esters is 2. The van der Waals surface area contributed by atoms with Crippen molar-refractivity contribution in [1.82, 2.24) is 0 Å². The van der Waals surface area contributed by atoms with E-state index in [4.69, 9.17) is 14.2 Å². The van der Waals surface area contributed by atoms with Gasteiger partial charge < -0.3 is 14.2 Å². The lowest BCUT2D eigenvalue weighted by Gasteiger charge is -2.25. The number of rotatable bonds is 9. The molecule has 0 saturated heterocycles. The summed E-state index contributed by atoms with van der Waals surface area (Å²) in [5.41, 5.74) is 0.959. The van der Waals surface area contributed by atoms with Gasteiger partial charge in [-0.05, 0) is 17.7 Å². The van der Waals surface area contributed by atoms with Crippen LogP contribution in [0.3, 0.4) is 0 Å². The molecule has 1 aromatic rings. The highest BCUT2D eigenvalue weighted by molar-refractivity contribution is 9.10. The first-order chi connectivity index (χ1) is 11.8. The monoisotopic (exact) mass is 432 g/mol. The van der Waals surface area contributed by atoms with E-state index in [-0.39, 0.29) is 18.3 Å². The molecule has 0 aliphatic rings. The molecule has 0 amide bonds. The Bertz CT molecular complexity index is 589. The second-order valence-corrected chi connectivity index (χ2v) is 7.57. The molecule has 0 aliphatic carbocycles. The minimum Gasteiger partial charge on any atom is -0.465 e. The first kappa shape index (κ1) is 21.7. The molecule has 0 aliphatic heterocycles. The summed E-state index contributed by atoms with van der Waals surface area (Å²) in [5, 5.41) is -0.697. The van der Waals surface area contributed by atoms with E-state index >= 15 is 0 Å². The Morgan fingerprint density at radius 1 is 1.04 bits per heavy atom. The maximum Gasteiger partial charge on any atom is 0.303 e. The maximum atomic E-state index is 11.5. The SMILES string of the molecule is CC(=O)OC[C@@H](SC(C)=O)[C@@H](COCc1ccc(Br)cc1)OC(C)=O. The van der Waals surface area contributed by atoms with E-state index in [2.05, 4.69) is 15.9 Å². The highest BCUT2D eigenvalue weighted by Crippen LogP contribution is 2.20. The Morgan fingerprint density at radius 2 is 1.68 bits per heavy atom. The van der Waals surface area contributed by atoms with E-state index in [0.29, 0.717) is 6.61 Å². The Labute approximate surface area is 159 Å². The van der Waals surface area contributed by atoms with Crippen molar-refractivity contribution in [3.63, 3.8) is 0 Å². The molecule has 8 heteroatoms. The van der Waals surface area contributed by atoms with Crippen LogP contribution in [0.15, 0.2) is 28.7 Å². The van der Waals surface area contributed by atoms with E-state index in [1.165, 1.54) is 20.8 Å². The van der Waals surface area contributed by atoms with Gasteiger partial charge in [0.2, 0.25) is 0 Å². The van der Waals surface area contributed by atoms with Crippen LogP contribution in [0.25, 0.3) is 0 Å². The van der Waals surface area contributed by atoms with Gasteiger partial charge in [-0.2, -0.15) is 0 Å². The molecule has 0 N–H and O–H groups in total. The highest BCUT2D eigenvalue weighted by atomic mass is 79.9. The number of benzene rings is 1. The van der Waals surface area contributed by atoms with E-state index in [1.54, 1.807) is 0 Å². The minimum absolute atomic E-state index is 0.0425. The van der Waals surface area contributed by atoms with Gasteiger partial charge in [0, 0.05) is 25.2 Å². The molecule has 1 rings (SSSR count). The van der Waals surface area contributed by atoms with Crippen molar-refractivity contribution >= 4 is 44.7 Å². The van der Waals surface area contributed by atoms with Crippen LogP contribution in [-0.4, -0.2) is 41.6 Å². The molecule has 0 fully saturated rings. The zero-order valence-corrected chi connectivity index (χ0v) is 16.7. The van der Waals surface area contributed by atoms with Crippen LogP contribution in [0.5, 0.6) is 0 Å². The average molecular weight is 433 g/mol. The van der Waals surface area contributed by atoms with Gasteiger partial charge in [0.05, 0.1) is 18.5 Å². The number of ether oxygens (including phenoxy) is 3. The van der Waals surface area contributed by atoms with E-state index in [0.717, 1.165) is 21.8 Å². The Morgan fingerprint density at radius 3 is 2.20 bits per heavy atom. The second-order valence-electron chi connectivity index (χ2n) is 5.24. The zero-order valence-electron chi connectivity index (χ0n) is 14.3. The molecule has 0 unspecified atom stereocenters. The lowest BCUT2D eigenvalue weighted by atomic mass is 10.2. The van der Waals surface area contributed by atoms with Crippen molar-refractivity contribution in [2.45, 2.75) is 38.7 Å². The summed E-state index contributed by atoms with van der Waals surface area (Å²) in [5.74, 6) is -0.958. The van der Waals surface area contributed by atoms with E-state index in [1.807, 2.05) is 24.3 Å². The summed E-state index contributed by atoms with van der Waals surface area (Å²) in [6, 6.07) is 7.62. The molecule has 0 bridgehead atoms. The number of halogens is 1. The van der Waals surface area contributed by atoms with Crippen LogP contribution < -0.4 is 0 Å². The van der Waals surface area contributed by atoms with Crippen LogP contribution in [-0.2, 0) is 35.2 Å². The predicted molar refractivity (Wildman–Crippen MR) is 98.0 cm³/mol. The Balaban J connectivity index is 2.69. The summed E-state index contributed by atoms with van der Waals surface area (Å²) < 4.78 is 16.8. The summed E-state index contributed by atoms with van der Waals surface area (Å²) in [6.07, 6.45) is -0.707. The third-order valence-electron chi connectivity index (χ3n) is 2.96. The van der Waals surface area contributed by atoms with E-state index in [9.17, 15) is 14.4 Å². The average Bonchev–Trinajstić information content (AvgIpc) is 2.51. The van der Waals surface area contributed by atoms with Gasteiger partial charge in [-0.25, -0.2) is 0 Å². The molecule has 138 valence electrons. The van der Waals surface area contributed by atoms with Crippen molar-refractivity contribution in [1.29, 1.82) is 0 Å². The predicted octanol–water partition coefficient (Wildman–Crippen LogP) is 3.11. The summed E-state index contributed by atoms with van der Waals surface area (Å²) in [7, 11) is 0. The van der Waals surface area contributed by atoms with Crippen LogP contribution in [0, 0.1) is 0 Å². The van der Waals surface area contributed by atoms with Crippen molar-refractivity contribution in [3.05, 3.63) is 34.3 Å².